The van der Waals surface area contributed by atoms with Gasteiger partial charge >= 0.3 is 0 Å². The Morgan fingerprint density at radius 2 is 1.78 bits per heavy atom. The molecule has 0 nitrogen and oxygen atoms in total. The average molecular weight is 242 g/mol. The highest BCUT2D eigenvalue weighted by Gasteiger charge is 2.12. The van der Waals surface area contributed by atoms with Gasteiger partial charge in [-0.1, -0.05) is 70.7 Å². The number of hydrogen-bond donors (Lipinski definition) is 0. The maximum Gasteiger partial charge on any atom is 0.0449 e. The Labute approximate surface area is 113 Å². The number of benzene rings is 1. The van der Waals surface area contributed by atoms with Crippen LogP contribution in [0.4, 0.5) is 0 Å². The third-order valence-corrected chi connectivity index (χ3v) is 3.16. The molecule has 18 heavy (non-hydrogen) atoms. The second kappa shape index (κ2) is 6.64. The minimum absolute atomic E-state index is 0.286. The first-order valence-corrected chi connectivity index (χ1v) is 7.01. The van der Waals surface area contributed by atoms with Crippen molar-refractivity contribution in [2.45, 2.75) is 59.3 Å². The number of terminal acetylenes is 1. The van der Waals surface area contributed by atoms with Crippen molar-refractivity contribution in [3.63, 3.8) is 0 Å². The summed E-state index contributed by atoms with van der Waals surface area (Å²) in [5.41, 5.74) is 3.04. The van der Waals surface area contributed by atoms with E-state index in [1.54, 1.807) is 0 Å². The van der Waals surface area contributed by atoms with Crippen LogP contribution in [0.2, 0.25) is 0 Å². The first-order valence-electron chi connectivity index (χ1n) is 7.01. The van der Waals surface area contributed by atoms with Gasteiger partial charge < -0.3 is 0 Å². The van der Waals surface area contributed by atoms with E-state index >= 15 is 0 Å². The molecule has 0 saturated carbocycles. The van der Waals surface area contributed by atoms with Crippen LogP contribution in [0.5, 0.6) is 0 Å². The normalized spacial score (nSPS) is 13.1. The van der Waals surface area contributed by atoms with Gasteiger partial charge in [-0.05, 0) is 29.4 Å². The third-order valence-electron chi connectivity index (χ3n) is 3.16. The Balaban J connectivity index is 2.72. The molecule has 0 aliphatic carbocycles. The predicted molar refractivity (Wildman–Crippen MR) is 80.7 cm³/mol. The molecule has 1 unspecified atom stereocenters. The Morgan fingerprint density at radius 1 is 1.17 bits per heavy atom. The lowest BCUT2D eigenvalue weighted by atomic mass is 9.87. The van der Waals surface area contributed by atoms with Crippen LogP contribution < -0.4 is 0 Å². The van der Waals surface area contributed by atoms with Crippen molar-refractivity contribution in [3.05, 3.63) is 35.4 Å². The van der Waals surface area contributed by atoms with Crippen molar-refractivity contribution in [2.24, 2.45) is 5.41 Å². The average Bonchev–Trinajstić information content (AvgIpc) is 2.30. The molecule has 98 valence electrons. The van der Waals surface area contributed by atoms with Gasteiger partial charge in [0.05, 0.1) is 0 Å². The van der Waals surface area contributed by atoms with Gasteiger partial charge in [0, 0.05) is 5.92 Å². The zero-order valence-corrected chi connectivity index (χ0v) is 12.3. The molecule has 0 fully saturated rings. The highest BCUT2D eigenvalue weighted by atomic mass is 14.2. The van der Waals surface area contributed by atoms with Crippen LogP contribution in [0.15, 0.2) is 24.3 Å². The van der Waals surface area contributed by atoms with Crippen molar-refractivity contribution < 1.29 is 0 Å². The summed E-state index contributed by atoms with van der Waals surface area (Å²) in [6, 6.07) is 8.89. The molecule has 0 bridgehead atoms. The Bertz CT molecular complexity index is 384. The van der Waals surface area contributed by atoms with Crippen LogP contribution >= 0.6 is 0 Å². The zero-order valence-electron chi connectivity index (χ0n) is 12.3. The molecule has 1 atom stereocenters. The lowest BCUT2D eigenvalue weighted by molar-refractivity contribution is 0.411. The summed E-state index contributed by atoms with van der Waals surface area (Å²) in [6.07, 6.45) is 10.3. The zero-order chi connectivity index (χ0) is 13.6. The highest BCUT2D eigenvalue weighted by molar-refractivity contribution is 5.30. The van der Waals surface area contributed by atoms with Crippen LogP contribution in [0.25, 0.3) is 0 Å². The van der Waals surface area contributed by atoms with Crippen molar-refractivity contribution >= 4 is 0 Å². The van der Waals surface area contributed by atoms with E-state index in [0.29, 0.717) is 5.41 Å². The van der Waals surface area contributed by atoms with E-state index in [9.17, 15) is 0 Å². The molecule has 0 heteroatoms. The van der Waals surface area contributed by atoms with E-state index < -0.39 is 0 Å². The number of hydrogen-bond acceptors (Lipinski definition) is 0. The predicted octanol–water partition coefficient (Wildman–Crippen LogP) is 5.18. The molecule has 0 amide bonds. The maximum absolute atomic E-state index is 5.64. The summed E-state index contributed by atoms with van der Waals surface area (Å²) >= 11 is 0. The first-order chi connectivity index (χ1) is 8.46. The highest BCUT2D eigenvalue weighted by Crippen LogP contribution is 2.24. The molecular weight excluding hydrogens is 216 g/mol. The van der Waals surface area contributed by atoms with E-state index in [2.05, 4.69) is 57.9 Å². The van der Waals surface area contributed by atoms with E-state index in [0.717, 1.165) is 12.8 Å². The second-order valence-electron chi connectivity index (χ2n) is 6.34. The van der Waals surface area contributed by atoms with Crippen molar-refractivity contribution in [1.29, 1.82) is 0 Å². The van der Waals surface area contributed by atoms with E-state index in [4.69, 9.17) is 6.42 Å². The molecule has 0 aliphatic rings. The maximum atomic E-state index is 5.64. The van der Waals surface area contributed by atoms with Crippen LogP contribution in [0, 0.1) is 17.8 Å². The monoisotopic (exact) mass is 242 g/mol. The molecule has 1 rings (SSSR count). The molecule has 0 aromatic heterocycles. The Kier molecular flexibility index (Phi) is 5.48. The minimum Gasteiger partial charge on any atom is -0.119 e. The summed E-state index contributed by atoms with van der Waals surface area (Å²) in [5, 5.41) is 0. The van der Waals surface area contributed by atoms with Crippen molar-refractivity contribution in [3.8, 4) is 12.3 Å². The van der Waals surface area contributed by atoms with E-state index in [1.807, 2.05) is 0 Å². The lowest BCUT2D eigenvalue weighted by Crippen LogP contribution is -2.09. The van der Waals surface area contributed by atoms with Gasteiger partial charge in [0.1, 0.15) is 0 Å². The molecule has 1 aromatic rings. The van der Waals surface area contributed by atoms with Crippen molar-refractivity contribution in [2.75, 3.05) is 0 Å². The summed E-state index contributed by atoms with van der Waals surface area (Å²) in [4.78, 5) is 0. The number of unbranched alkanes of at least 4 members (excludes halogenated alkanes) is 1. The summed E-state index contributed by atoms with van der Waals surface area (Å²) in [5.74, 6) is 3.21. The van der Waals surface area contributed by atoms with Gasteiger partial charge in [-0.3, -0.25) is 0 Å². The Morgan fingerprint density at radius 3 is 2.22 bits per heavy atom. The molecule has 1 aromatic carbocycles. The van der Waals surface area contributed by atoms with Gasteiger partial charge in [-0.25, -0.2) is 0 Å². The van der Waals surface area contributed by atoms with Crippen molar-refractivity contribution in [1.82, 2.24) is 0 Å². The molecule has 0 N–H and O–H groups in total. The van der Waals surface area contributed by atoms with Crippen LogP contribution in [-0.2, 0) is 6.42 Å². The molecule has 0 radical (unpaired) electrons. The standard InChI is InChI=1S/C18H26/c1-6-8-9-16(7-2)17-12-10-15(11-13-17)14-18(3,4)5/h2,10-13,16H,6,8-9,14H2,1,3-5H3. The second-order valence-corrected chi connectivity index (χ2v) is 6.34. The fourth-order valence-electron chi connectivity index (χ4n) is 2.23. The van der Waals surface area contributed by atoms with Gasteiger partial charge in [-0.2, -0.15) is 0 Å². The van der Waals surface area contributed by atoms with Gasteiger partial charge in [-0.15, -0.1) is 6.42 Å². The van der Waals surface area contributed by atoms with Gasteiger partial charge in [0.25, 0.3) is 0 Å². The van der Waals surface area contributed by atoms with Crippen LogP contribution in [-0.4, -0.2) is 0 Å². The quantitative estimate of drug-likeness (QED) is 0.624. The summed E-state index contributed by atoms with van der Waals surface area (Å²) in [6.45, 7) is 9.02. The first kappa shape index (κ1) is 14.8. The fourth-order valence-corrected chi connectivity index (χ4v) is 2.23. The summed E-state index contributed by atoms with van der Waals surface area (Å²) in [7, 11) is 0. The lowest BCUT2D eigenvalue weighted by Gasteiger charge is -2.18. The van der Waals surface area contributed by atoms with E-state index in [-0.39, 0.29) is 5.92 Å². The van der Waals surface area contributed by atoms with Crippen LogP contribution in [0.1, 0.15) is 64.0 Å². The van der Waals surface area contributed by atoms with Gasteiger partial charge in [0.2, 0.25) is 0 Å². The number of rotatable bonds is 5. The minimum atomic E-state index is 0.286. The molecule has 0 saturated heterocycles. The topological polar surface area (TPSA) is 0 Å². The molecule has 0 heterocycles. The van der Waals surface area contributed by atoms with Crippen LogP contribution in [0.3, 0.4) is 0 Å². The SMILES string of the molecule is C#CC(CCCC)c1ccc(CC(C)(C)C)cc1. The molecule has 0 aliphatic heterocycles. The fraction of sp³-hybridized carbons (Fsp3) is 0.556. The molecular formula is C18H26. The largest absolute Gasteiger partial charge is 0.119 e. The van der Waals surface area contributed by atoms with E-state index in [1.165, 1.54) is 24.0 Å². The summed E-state index contributed by atoms with van der Waals surface area (Å²) < 4.78 is 0. The molecule has 0 spiro atoms. The smallest absolute Gasteiger partial charge is 0.0449 e. The third kappa shape index (κ3) is 4.96. The van der Waals surface area contributed by atoms with Gasteiger partial charge in [0.15, 0.2) is 0 Å². The Hall–Kier alpha value is -1.22.